The predicted octanol–water partition coefficient (Wildman–Crippen LogP) is 4.78. The molecule has 0 unspecified atom stereocenters. The lowest BCUT2D eigenvalue weighted by atomic mass is 10.2. The lowest BCUT2D eigenvalue weighted by Crippen LogP contribution is -2.08. The fourth-order valence-corrected chi connectivity index (χ4v) is 1.85. The first-order valence-electron chi connectivity index (χ1n) is 5.74. The van der Waals surface area contributed by atoms with Crippen molar-refractivity contribution < 1.29 is 9.18 Å². The van der Waals surface area contributed by atoms with Gasteiger partial charge < -0.3 is 5.32 Å². The van der Waals surface area contributed by atoms with Crippen molar-refractivity contribution in [1.29, 1.82) is 0 Å². The van der Waals surface area contributed by atoms with Crippen LogP contribution >= 0.6 is 23.2 Å². The summed E-state index contributed by atoms with van der Waals surface area (Å²) in [6, 6.07) is 10.6. The van der Waals surface area contributed by atoms with Gasteiger partial charge in [-0.2, -0.15) is 0 Å². The average molecular weight is 310 g/mol. The Hall–Kier alpha value is -1.84. The van der Waals surface area contributed by atoms with Crippen LogP contribution in [-0.4, -0.2) is 5.91 Å². The summed E-state index contributed by atoms with van der Waals surface area (Å²) in [5.41, 5.74) is 1.16. The van der Waals surface area contributed by atoms with Gasteiger partial charge in [0.1, 0.15) is 5.82 Å². The number of nitrogens with one attached hydrogen (secondary N) is 1. The fourth-order valence-electron chi connectivity index (χ4n) is 1.51. The third-order valence-corrected chi connectivity index (χ3v) is 3.05. The van der Waals surface area contributed by atoms with Crippen molar-refractivity contribution in [3.8, 4) is 0 Å². The number of benzene rings is 2. The monoisotopic (exact) mass is 309 g/mol. The lowest BCUT2D eigenvalue weighted by molar-refractivity contribution is -0.111. The van der Waals surface area contributed by atoms with Crippen molar-refractivity contribution in [3.63, 3.8) is 0 Å². The lowest BCUT2D eigenvalue weighted by Gasteiger charge is -2.05. The largest absolute Gasteiger partial charge is 0.321 e. The molecule has 0 saturated carbocycles. The van der Waals surface area contributed by atoms with Gasteiger partial charge in [-0.3, -0.25) is 4.79 Å². The molecule has 1 amide bonds. The Morgan fingerprint density at radius 3 is 2.50 bits per heavy atom. The highest BCUT2D eigenvalue weighted by Crippen LogP contribution is 2.25. The summed E-state index contributed by atoms with van der Waals surface area (Å²) in [6.45, 7) is 0. The zero-order chi connectivity index (χ0) is 14.5. The highest BCUT2D eigenvalue weighted by Gasteiger charge is 2.03. The number of rotatable bonds is 3. The molecule has 0 aromatic heterocycles. The quantitative estimate of drug-likeness (QED) is 0.812. The Morgan fingerprint density at radius 2 is 1.80 bits per heavy atom. The van der Waals surface area contributed by atoms with Crippen molar-refractivity contribution in [2.75, 3.05) is 5.32 Å². The van der Waals surface area contributed by atoms with E-state index in [1.165, 1.54) is 18.2 Å². The smallest absolute Gasteiger partial charge is 0.248 e. The summed E-state index contributed by atoms with van der Waals surface area (Å²) in [5.74, 6) is -0.671. The first-order chi connectivity index (χ1) is 9.54. The SMILES string of the molecule is O=C(/C=C/c1ccc(F)cc1)Nc1cc(Cl)ccc1Cl. The summed E-state index contributed by atoms with van der Waals surface area (Å²) in [5, 5.41) is 3.50. The van der Waals surface area contributed by atoms with Crippen molar-refractivity contribution in [1.82, 2.24) is 0 Å². The minimum Gasteiger partial charge on any atom is -0.321 e. The Kier molecular flexibility index (Phi) is 4.77. The molecule has 102 valence electrons. The Morgan fingerprint density at radius 1 is 1.10 bits per heavy atom. The number of amides is 1. The summed E-state index contributed by atoms with van der Waals surface area (Å²) in [4.78, 5) is 11.7. The van der Waals surface area contributed by atoms with E-state index in [0.717, 1.165) is 5.56 Å². The molecule has 2 aromatic rings. The number of hydrogen-bond donors (Lipinski definition) is 1. The van der Waals surface area contributed by atoms with E-state index in [4.69, 9.17) is 23.2 Å². The van der Waals surface area contributed by atoms with E-state index in [2.05, 4.69) is 5.32 Å². The molecule has 5 heteroatoms. The van der Waals surface area contributed by atoms with Crippen LogP contribution in [0.3, 0.4) is 0 Å². The number of carbonyl (C=O) groups is 1. The van der Waals surface area contributed by atoms with Crippen molar-refractivity contribution in [3.05, 3.63) is 70.0 Å². The summed E-state index contributed by atoms with van der Waals surface area (Å²) >= 11 is 11.8. The molecule has 2 rings (SSSR count). The van der Waals surface area contributed by atoms with E-state index in [-0.39, 0.29) is 11.7 Å². The molecular weight excluding hydrogens is 300 g/mol. The minimum atomic E-state index is -0.349. The van der Waals surface area contributed by atoms with Gasteiger partial charge in [0.2, 0.25) is 5.91 Å². The molecule has 2 aromatic carbocycles. The molecule has 0 heterocycles. The highest BCUT2D eigenvalue weighted by atomic mass is 35.5. The molecule has 0 spiro atoms. The van der Waals surface area contributed by atoms with Crippen LogP contribution in [0.15, 0.2) is 48.5 Å². The van der Waals surface area contributed by atoms with E-state index in [9.17, 15) is 9.18 Å². The molecule has 0 aliphatic carbocycles. The zero-order valence-corrected chi connectivity index (χ0v) is 11.8. The molecular formula is C15H10Cl2FNO. The highest BCUT2D eigenvalue weighted by molar-refractivity contribution is 6.35. The topological polar surface area (TPSA) is 29.1 Å². The molecule has 0 fully saturated rings. The average Bonchev–Trinajstić information content (AvgIpc) is 2.42. The van der Waals surface area contributed by atoms with Crippen molar-refractivity contribution in [2.24, 2.45) is 0 Å². The van der Waals surface area contributed by atoms with Crippen LogP contribution in [0.2, 0.25) is 10.0 Å². The van der Waals surface area contributed by atoms with Crippen LogP contribution in [0.1, 0.15) is 5.56 Å². The first-order valence-corrected chi connectivity index (χ1v) is 6.50. The molecule has 0 aliphatic heterocycles. The van der Waals surface area contributed by atoms with E-state index in [0.29, 0.717) is 15.7 Å². The number of carbonyl (C=O) groups excluding carboxylic acids is 1. The standard InChI is InChI=1S/C15H10Cl2FNO/c16-11-4-7-13(17)14(9-11)19-15(20)8-3-10-1-5-12(18)6-2-10/h1-9H,(H,19,20)/b8-3+. The van der Waals surface area contributed by atoms with Gasteiger partial charge in [-0.1, -0.05) is 35.3 Å². The normalized spacial score (nSPS) is 10.8. The molecule has 20 heavy (non-hydrogen) atoms. The van der Waals surface area contributed by atoms with Gasteiger partial charge in [-0.05, 0) is 42.0 Å². The van der Waals surface area contributed by atoms with Gasteiger partial charge >= 0.3 is 0 Å². The number of halogens is 3. The van der Waals surface area contributed by atoms with Crippen LogP contribution in [0.5, 0.6) is 0 Å². The summed E-state index contributed by atoms with van der Waals surface area (Å²) < 4.78 is 12.7. The van der Waals surface area contributed by atoms with Crippen LogP contribution in [0, 0.1) is 5.82 Å². The van der Waals surface area contributed by atoms with Gasteiger partial charge in [-0.25, -0.2) is 4.39 Å². The summed E-state index contributed by atoms with van der Waals surface area (Å²) in [6.07, 6.45) is 2.91. The van der Waals surface area contributed by atoms with Crippen molar-refractivity contribution >= 4 is 40.9 Å². The summed E-state index contributed by atoms with van der Waals surface area (Å²) in [7, 11) is 0. The van der Waals surface area contributed by atoms with E-state index >= 15 is 0 Å². The Balaban J connectivity index is 2.05. The molecule has 0 bridgehead atoms. The van der Waals surface area contributed by atoms with E-state index < -0.39 is 0 Å². The molecule has 0 saturated heterocycles. The third kappa shape index (κ3) is 4.08. The molecule has 0 aliphatic rings. The third-order valence-electron chi connectivity index (χ3n) is 2.48. The second-order valence-electron chi connectivity index (χ2n) is 4.00. The molecule has 1 N–H and O–H groups in total. The Labute approximate surface area is 125 Å². The maximum absolute atomic E-state index is 12.7. The zero-order valence-electron chi connectivity index (χ0n) is 10.2. The number of anilines is 1. The van der Waals surface area contributed by atoms with Crippen molar-refractivity contribution in [2.45, 2.75) is 0 Å². The van der Waals surface area contributed by atoms with Crippen LogP contribution in [-0.2, 0) is 4.79 Å². The number of hydrogen-bond acceptors (Lipinski definition) is 1. The van der Waals surface area contributed by atoms with Gasteiger partial charge in [0.05, 0.1) is 10.7 Å². The second-order valence-corrected chi connectivity index (χ2v) is 4.84. The van der Waals surface area contributed by atoms with Crippen LogP contribution < -0.4 is 5.32 Å². The van der Waals surface area contributed by atoms with Crippen LogP contribution in [0.4, 0.5) is 10.1 Å². The van der Waals surface area contributed by atoms with Gasteiger partial charge in [0.15, 0.2) is 0 Å². The van der Waals surface area contributed by atoms with E-state index in [1.807, 2.05) is 0 Å². The van der Waals surface area contributed by atoms with E-state index in [1.54, 1.807) is 36.4 Å². The molecule has 0 atom stereocenters. The Bertz CT molecular complexity index is 653. The minimum absolute atomic E-state index is 0.322. The molecule has 0 radical (unpaired) electrons. The van der Waals surface area contributed by atoms with Gasteiger partial charge in [-0.15, -0.1) is 0 Å². The maximum atomic E-state index is 12.7. The maximum Gasteiger partial charge on any atom is 0.248 e. The second kappa shape index (κ2) is 6.55. The van der Waals surface area contributed by atoms with Gasteiger partial charge in [0.25, 0.3) is 0 Å². The van der Waals surface area contributed by atoms with Gasteiger partial charge in [0, 0.05) is 11.1 Å². The first kappa shape index (κ1) is 14.6. The molecule has 2 nitrogen and oxygen atoms in total. The predicted molar refractivity (Wildman–Crippen MR) is 80.5 cm³/mol. The fraction of sp³-hybridized carbons (Fsp3) is 0. The van der Waals surface area contributed by atoms with Crippen LogP contribution in [0.25, 0.3) is 6.08 Å².